The highest BCUT2D eigenvalue weighted by molar-refractivity contribution is 7.18. The maximum Gasteiger partial charge on any atom is 0.263 e. The molecule has 0 spiro atoms. The number of benzene rings is 1. The van der Waals surface area contributed by atoms with Crippen LogP contribution in [0.4, 0.5) is 5.69 Å². The van der Waals surface area contributed by atoms with Crippen LogP contribution in [0.1, 0.15) is 29.1 Å². The molecule has 0 atom stereocenters. The zero-order chi connectivity index (χ0) is 21.4. The number of halogens is 2. The number of nitrogens with one attached hydrogen (secondary N) is 1. The average Bonchev–Trinajstić information content (AvgIpc) is 3.30. The number of likely N-dealkylation sites (tertiary alicyclic amines) is 1. The van der Waals surface area contributed by atoms with Crippen LogP contribution >= 0.6 is 34.5 Å². The van der Waals surface area contributed by atoms with Gasteiger partial charge in [-0.05, 0) is 57.5 Å². The first-order valence-corrected chi connectivity index (χ1v) is 11.4. The van der Waals surface area contributed by atoms with Crippen LogP contribution in [0.25, 0.3) is 10.2 Å². The summed E-state index contributed by atoms with van der Waals surface area (Å²) >= 11 is 13.7. The molecule has 1 N–H and O–H groups in total. The molecule has 3 heterocycles. The van der Waals surface area contributed by atoms with Crippen molar-refractivity contribution in [3.8, 4) is 0 Å². The van der Waals surface area contributed by atoms with Gasteiger partial charge in [0.25, 0.3) is 5.56 Å². The fourth-order valence-electron chi connectivity index (χ4n) is 3.73. The van der Waals surface area contributed by atoms with Crippen molar-refractivity contribution >= 4 is 56.3 Å². The van der Waals surface area contributed by atoms with Gasteiger partial charge >= 0.3 is 0 Å². The van der Waals surface area contributed by atoms with E-state index in [2.05, 4.69) is 10.2 Å². The van der Waals surface area contributed by atoms with Crippen molar-refractivity contribution in [2.24, 2.45) is 0 Å². The zero-order valence-corrected chi connectivity index (χ0v) is 19.1. The van der Waals surface area contributed by atoms with Gasteiger partial charge in [0.15, 0.2) is 0 Å². The lowest BCUT2D eigenvalue weighted by atomic mass is 10.2. The summed E-state index contributed by atoms with van der Waals surface area (Å²) in [5, 5.41) is 3.98. The Hall–Kier alpha value is -1.93. The van der Waals surface area contributed by atoms with E-state index in [4.69, 9.17) is 28.2 Å². The lowest BCUT2D eigenvalue weighted by Crippen LogP contribution is -2.33. The predicted molar refractivity (Wildman–Crippen MR) is 123 cm³/mol. The standard InChI is InChI=1S/C21H22Cl2N4O2S/c1-12-13(2)30-20-18(12)21(29)27(16(25-20)10-26-8-3-4-9-26)11-17(28)24-15-7-5-6-14(22)19(15)23/h5-7H,3-4,8-11H2,1-2H3,(H,24,28). The van der Waals surface area contributed by atoms with Crippen LogP contribution in [0.15, 0.2) is 23.0 Å². The molecule has 30 heavy (non-hydrogen) atoms. The fraction of sp³-hybridized carbons (Fsp3) is 0.381. The molecule has 6 nitrogen and oxygen atoms in total. The van der Waals surface area contributed by atoms with E-state index < -0.39 is 0 Å². The molecule has 1 fully saturated rings. The van der Waals surface area contributed by atoms with Gasteiger partial charge in [0.05, 0.1) is 27.7 Å². The van der Waals surface area contributed by atoms with E-state index in [0.717, 1.165) is 41.2 Å². The normalized spacial score (nSPS) is 14.5. The molecule has 2 aromatic heterocycles. The molecule has 9 heteroatoms. The van der Waals surface area contributed by atoms with E-state index in [-0.39, 0.29) is 23.0 Å². The maximum absolute atomic E-state index is 13.4. The third-order valence-corrected chi connectivity index (χ3v) is 7.38. The Bertz CT molecular complexity index is 1180. The van der Waals surface area contributed by atoms with Crippen LogP contribution in [0.5, 0.6) is 0 Å². The molecule has 0 aliphatic carbocycles. The Morgan fingerprint density at radius 2 is 1.97 bits per heavy atom. The number of aromatic nitrogens is 2. The molecule has 0 saturated carbocycles. The highest BCUT2D eigenvalue weighted by Crippen LogP contribution is 2.30. The zero-order valence-electron chi connectivity index (χ0n) is 16.8. The lowest BCUT2D eigenvalue weighted by Gasteiger charge is -2.18. The number of carbonyl (C=O) groups excluding carboxylic acids is 1. The first kappa shape index (κ1) is 21.3. The van der Waals surface area contributed by atoms with Crippen molar-refractivity contribution in [3.63, 3.8) is 0 Å². The van der Waals surface area contributed by atoms with Gasteiger partial charge in [-0.25, -0.2) is 4.98 Å². The molecule has 4 rings (SSSR count). The molecule has 158 valence electrons. The number of nitrogens with zero attached hydrogens (tertiary/aromatic N) is 3. The van der Waals surface area contributed by atoms with Crippen LogP contribution in [0.3, 0.4) is 0 Å². The molecule has 0 bridgehead atoms. The van der Waals surface area contributed by atoms with Crippen molar-refractivity contribution in [3.05, 3.63) is 54.9 Å². The molecule has 1 aliphatic heterocycles. The SMILES string of the molecule is Cc1sc2nc(CN3CCCC3)n(CC(=O)Nc3cccc(Cl)c3Cl)c(=O)c2c1C. The summed E-state index contributed by atoms with van der Waals surface area (Å²) in [7, 11) is 0. The van der Waals surface area contributed by atoms with Crippen molar-refractivity contribution < 1.29 is 4.79 Å². The van der Waals surface area contributed by atoms with E-state index in [1.165, 1.54) is 15.9 Å². The van der Waals surface area contributed by atoms with E-state index in [1.807, 2.05) is 13.8 Å². The minimum absolute atomic E-state index is 0.137. The van der Waals surface area contributed by atoms with Crippen LogP contribution < -0.4 is 10.9 Å². The fourth-order valence-corrected chi connectivity index (χ4v) is 5.11. The van der Waals surface area contributed by atoms with Gasteiger partial charge in [0.1, 0.15) is 17.2 Å². The highest BCUT2D eigenvalue weighted by Gasteiger charge is 2.21. The Labute approximate surface area is 188 Å². The topological polar surface area (TPSA) is 67.2 Å². The molecule has 1 aliphatic rings. The molecular formula is C21H22Cl2N4O2S. The largest absolute Gasteiger partial charge is 0.323 e. The minimum atomic E-state index is -0.352. The Morgan fingerprint density at radius 3 is 2.70 bits per heavy atom. The second-order valence-electron chi connectivity index (χ2n) is 7.52. The Morgan fingerprint density at radius 1 is 1.23 bits per heavy atom. The molecule has 0 radical (unpaired) electrons. The number of hydrogen-bond acceptors (Lipinski definition) is 5. The van der Waals surface area contributed by atoms with Gasteiger partial charge in [-0.3, -0.25) is 19.1 Å². The van der Waals surface area contributed by atoms with Crippen LogP contribution in [-0.2, 0) is 17.9 Å². The highest BCUT2D eigenvalue weighted by atomic mass is 35.5. The summed E-state index contributed by atoms with van der Waals surface area (Å²) in [6.07, 6.45) is 2.27. The number of amides is 1. The third kappa shape index (κ3) is 4.12. The summed E-state index contributed by atoms with van der Waals surface area (Å²) in [5.41, 5.74) is 1.16. The van der Waals surface area contributed by atoms with Crippen molar-refractivity contribution in [2.45, 2.75) is 39.8 Å². The van der Waals surface area contributed by atoms with Gasteiger partial charge in [-0.1, -0.05) is 29.3 Å². The number of aryl methyl sites for hydroxylation is 2. The average molecular weight is 465 g/mol. The second kappa shape index (κ2) is 8.67. The smallest absolute Gasteiger partial charge is 0.263 e. The van der Waals surface area contributed by atoms with E-state index in [0.29, 0.717) is 28.5 Å². The number of thiophene rings is 1. The molecule has 1 amide bonds. The van der Waals surface area contributed by atoms with Crippen LogP contribution in [0.2, 0.25) is 10.0 Å². The van der Waals surface area contributed by atoms with E-state index in [9.17, 15) is 9.59 Å². The van der Waals surface area contributed by atoms with Crippen LogP contribution in [-0.4, -0.2) is 33.4 Å². The van der Waals surface area contributed by atoms with Crippen molar-refractivity contribution in [1.29, 1.82) is 0 Å². The van der Waals surface area contributed by atoms with E-state index in [1.54, 1.807) is 18.2 Å². The van der Waals surface area contributed by atoms with Gasteiger partial charge in [0, 0.05) is 4.88 Å². The second-order valence-corrected chi connectivity index (χ2v) is 9.50. The summed E-state index contributed by atoms with van der Waals surface area (Å²) in [5.74, 6) is 0.262. The molecule has 1 aromatic carbocycles. The lowest BCUT2D eigenvalue weighted by molar-refractivity contribution is -0.116. The molecule has 1 saturated heterocycles. The number of carbonyl (C=O) groups is 1. The maximum atomic E-state index is 13.4. The number of anilines is 1. The number of fused-ring (bicyclic) bond motifs is 1. The van der Waals surface area contributed by atoms with E-state index >= 15 is 0 Å². The first-order chi connectivity index (χ1) is 14.3. The summed E-state index contributed by atoms with van der Waals surface area (Å²) in [6, 6.07) is 5.03. The minimum Gasteiger partial charge on any atom is -0.323 e. The monoisotopic (exact) mass is 464 g/mol. The number of hydrogen-bond donors (Lipinski definition) is 1. The van der Waals surface area contributed by atoms with Crippen molar-refractivity contribution in [2.75, 3.05) is 18.4 Å². The van der Waals surface area contributed by atoms with Crippen LogP contribution in [0, 0.1) is 13.8 Å². The van der Waals surface area contributed by atoms with Crippen molar-refractivity contribution in [1.82, 2.24) is 14.5 Å². The quantitative estimate of drug-likeness (QED) is 0.598. The van der Waals surface area contributed by atoms with Gasteiger partial charge < -0.3 is 5.32 Å². The third-order valence-electron chi connectivity index (χ3n) is 5.46. The molecular weight excluding hydrogens is 443 g/mol. The molecule has 3 aromatic rings. The Balaban J connectivity index is 1.70. The Kier molecular flexibility index (Phi) is 6.16. The van der Waals surface area contributed by atoms with Gasteiger partial charge in [-0.15, -0.1) is 11.3 Å². The first-order valence-electron chi connectivity index (χ1n) is 9.80. The molecule has 0 unspecified atom stereocenters. The summed E-state index contributed by atoms with van der Waals surface area (Å²) < 4.78 is 1.49. The predicted octanol–water partition coefficient (Wildman–Crippen LogP) is 4.62. The van der Waals surface area contributed by atoms with Gasteiger partial charge in [-0.2, -0.15) is 0 Å². The van der Waals surface area contributed by atoms with Gasteiger partial charge in [0.2, 0.25) is 5.91 Å². The summed E-state index contributed by atoms with van der Waals surface area (Å²) in [6.45, 7) is 6.27. The number of rotatable bonds is 5. The summed E-state index contributed by atoms with van der Waals surface area (Å²) in [4.78, 5) is 35.0.